The highest BCUT2D eigenvalue weighted by Gasteiger charge is 2.57. The van der Waals surface area contributed by atoms with Crippen molar-refractivity contribution in [2.24, 2.45) is 10.8 Å². The molecule has 6 N–H and O–H groups in total. The van der Waals surface area contributed by atoms with Gasteiger partial charge in [0.2, 0.25) is 5.91 Å². The molecule has 28 heteroatoms. The number of hydrazine groups is 1. The molecule has 7 rings (SSSR count). The number of methoxy groups -OCH3 is 1. The zero-order valence-corrected chi connectivity index (χ0v) is 43.6. The van der Waals surface area contributed by atoms with Crippen molar-refractivity contribution in [3.63, 3.8) is 0 Å². The van der Waals surface area contributed by atoms with E-state index in [0.29, 0.717) is 85.0 Å². The number of imidazole rings is 1. The van der Waals surface area contributed by atoms with Crippen LogP contribution in [-0.4, -0.2) is 153 Å². The first kappa shape index (κ1) is 60.4. The predicted molar refractivity (Wildman–Crippen MR) is 265 cm³/mol. The van der Waals surface area contributed by atoms with Crippen molar-refractivity contribution in [1.82, 2.24) is 45.8 Å². The highest BCUT2D eigenvalue weighted by atomic mass is 19.4. The summed E-state index contributed by atoms with van der Waals surface area (Å²) in [5.74, 6) is 0.608. The van der Waals surface area contributed by atoms with Gasteiger partial charge in [0.1, 0.15) is 29.5 Å². The van der Waals surface area contributed by atoms with Crippen molar-refractivity contribution in [2.75, 3.05) is 44.9 Å². The molecule has 4 amide bonds. The Bertz CT molecular complexity index is 2890. The number of hydrogen-bond donors (Lipinski definition) is 6. The lowest BCUT2D eigenvalue weighted by atomic mass is 9.82. The third kappa shape index (κ3) is 13.8. The van der Waals surface area contributed by atoms with Gasteiger partial charge in [0.15, 0.2) is 0 Å². The number of hydrogen-bond acceptors (Lipinski definition) is 12. The predicted octanol–water partition coefficient (Wildman–Crippen LogP) is 6.53. The molecule has 3 aliphatic rings. The second kappa shape index (κ2) is 24.2. The van der Waals surface area contributed by atoms with Crippen LogP contribution in [-0.2, 0) is 32.0 Å². The molecule has 5 heterocycles. The van der Waals surface area contributed by atoms with Crippen molar-refractivity contribution < 1.29 is 82.8 Å². The fourth-order valence-electron chi connectivity index (χ4n) is 9.62. The number of carboxylic acid groups (broad SMARTS) is 1. The number of anilines is 1. The summed E-state index contributed by atoms with van der Waals surface area (Å²) >= 11 is 0. The van der Waals surface area contributed by atoms with Crippen molar-refractivity contribution in [3.05, 3.63) is 101 Å². The summed E-state index contributed by atoms with van der Waals surface area (Å²) in [6, 6.07) is 5.32. The largest absolute Gasteiger partial charge is 0.465 e. The van der Waals surface area contributed by atoms with Gasteiger partial charge in [-0.2, -0.15) is 35.1 Å². The van der Waals surface area contributed by atoms with Crippen molar-refractivity contribution in [3.8, 4) is 23.1 Å². The van der Waals surface area contributed by atoms with Crippen LogP contribution in [0.15, 0.2) is 67.3 Å². The number of pyridine rings is 1. The van der Waals surface area contributed by atoms with Gasteiger partial charge in [0.05, 0.1) is 61.4 Å². The Morgan fingerprint density at radius 2 is 1.39 bits per heavy atom. The smallest absolute Gasteiger partial charge is 0.407 e. The summed E-state index contributed by atoms with van der Waals surface area (Å²) in [7, 11) is 0.811. The zero-order chi connectivity index (χ0) is 58.6. The molecule has 2 bridgehead atoms. The first-order chi connectivity index (χ1) is 37.5. The third-order valence-electron chi connectivity index (χ3n) is 14.6. The van der Waals surface area contributed by atoms with Gasteiger partial charge < -0.3 is 40.5 Å². The van der Waals surface area contributed by atoms with E-state index < -0.39 is 115 Å². The van der Waals surface area contributed by atoms with Gasteiger partial charge in [-0.3, -0.25) is 24.5 Å². The Balaban J connectivity index is 1.18. The van der Waals surface area contributed by atoms with E-state index in [0.717, 1.165) is 58.3 Å². The number of nitrogens with one attached hydrogen (secondary N) is 4. The number of amides is 4. The molecule has 2 aromatic carbocycles. The summed E-state index contributed by atoms with van der Waals surface area (Å²) in [5.41, 5.74) is -4.67. The van der Waals surface area contributed by atoms with Crippen LogP contribution in [0.25, 0.3) is 11.3 Å². The van der Waals surface area contributed by atoms with Crippen LogP contribution in [0.3, 0.4) is 0 Å². The monoisotopic (exact) mass is 1140 g/mol. The maximum absolute atomic E-state index is 16.0. The molecule has 4 aromatic rings. The topological polar surface area (TPSA) is 216 Å². The number of carbonyl (C=O) groups is 4. The van der Waals surface area contributed by atoms with Crippen LogP contribution >= 0.6 is 0 Å². The summed E-state index contributed by atoms with van der Waals surface area (Å²) in [5, 5.41) is 27.5. The van der Waals surface area contributed by atoms with Gasteiger partial charge in [-0.1, -0.05) is 24.0 Å². The second-order valence-electron chi connectivity index (χ2n) is 20.8. The number of halogens is 10. The number of fused-ring (bicyclic) bond motifs is 2. The van der Waals surface area contributed by atoms with E-state index in [9.17, 15) is 64.5 Å². The lowest BCUT2D eigenvalue weighted by Gasteiger charge is -2.47. The Hall–Kier alpha value is -7.22. The zero-order valence-electron chi connectivity index (χ0n) is 43.6. The quantitative estimate of drug-likeness (QED) is 0.0335. The van der Waals surface area contributed by atoms with Gasteiger partial charge in [0, 0.05) is 72.9 Å². The molecular weight excluding hydrogens is 1080 g/mol. The Labute approximate surface area is 452 Å². The molecule has 0 spiro atoms. The van der Waals surface area contributed by atoms with Gasteiger partial charge >= 0.3 is 31.1 Å². The number of aliphatic hydroxyl groups is 1. The third-order valence-corrected chi connectivity index (χ3v) is 14.6. The molecule has 3 fully saturated rings. The summed E-state index contributed by atoms with van der Waals surface area (Å²) in [6.45, 7) is -0.158. The minimum Gasteiger partial charge on any atom is -0.465 e. The van der Waals surface area contributed by atoms with Crippen LogP contribution in [0.1, 0.15) is 69.3 Å². The number of piperazine rings is 1. The maximum Gasteiger partial charge on any atom is 0.407 e. The van der Waals surface area contributed by atoms with E-state index in [1.54, 1.807) is 6.20 Å². The highest BCUT2D eigenvalue weighted by Crippen LogP contribution is 2.42. The molecule has 6 atom stereocenters. The van der Waals surface area contributed by atoms with Crippen molar-refractivity contribution >= 4 is 29.8 Å². The number of nitrogens with zero attached hydrogens (tertiary/aromatic N) is 6. The van der Waals surface area contributed by atoms with Crippen molar-refractivity contribution in [1.29, 1.82) is 0 Å². The van der Waals surface area contributed by atoms with Crippen LogP contribution in [0, 0.1) is 34.3 Å². The molecule has 2 aromatic heterocycles. The Morgan fingerprint density at radius 3 is 1.89 bits per heavy atom. The molecule has 3 aliphatic heterocycles. The van der Waals surface area contributed by atoms with E-state index in [2.05, 4.69) is 41.7 Å². The first-order valence-electron chi connectivity index (χ1n) is 25.0. The molecule has 18 nitrogen and oxygen atoms in total. The van der Waals surface area contributed by atoms with E-state index in [1.165, 1.54) is 29.6 Å². The molecule has 0 saturated carbocycles. The minimum atomic E-state index is -5.28. The average Bonchev–Trinajstić information content (AvgIpc) is 3.97. The molecule has 2 unspecified atom stereocenters. The van der Waals surface area contributed by atoms with E-state index >= 15 is 8.78 Å². The lowest BCUT2D eigenvalue weighted by molar-refractivity contribution is -0.221. The van der Waals surface area contributed by atoms with Gasteiger partial charge in [0.25, 0.3) is 5.91 Å². The van der Waals surface area contributed by atoms with Crippen LogP contribution in [0.2, 0.25) is 0 Å². The summed E-state index contributed by atoms with van der Waals surface area (Å²) in [6.07, 6.45) is -11.4. The number of alkyl halides is 8. The Kier molecular flexibility index (Phi) is 18.3. The first-order valence-corrected chi connectivity index (χ1v) is 25.0. The SMILES string of the molecule is COC(=O)N[C@H](C(=O)N[C@@H](Cc1ccc(C#Cc2ccc(N3CC4CCC(C3)N4C3COC3)nc2)cc1)[C@@H](O)CN(Cc1c(F)cc(-c2cn(C(F)F)cn2)cc1F)NC(=O)[C@@H](NC(=O)O)C(C)(C)C(F)(F)F)C(C)(C)C(F)(F)F. The maximum atomic E-state index is 16.0. The number of ether oxygens (including phenoxy) is 2. The highest BCUT2D eigenvalue weighted by molar-refractivity contribution is 5.87. The molecule has 0 aliphatic carbocycles. The number of aliphatic hydroxyl groups excluding tert-OH is 1. The molecule has 434 valence electrons. The average molecular weight is 1140 g/mol. The van der Waals surface area contributed by atoms with Gasteiger partial charge in [-0.15, -0.1) is 0 Å². The van der Waals surface area contributed by atoms with Crippen LogP contribution in [0.4, 0.5) is 59.3 Å². The van der Waals surface area contributed by atoms with E-state index in [1.807, 2.05) is 22.9 Å². The van der Waals surface area contributed by atoms with Gasteiger partial charge in [-0.25, -0.2) is 33.3 Å². The second-order valence-corrected chi connectivity index (χ2v) is 20.8. The Morgan fingerprint density at radius 1 is 0.812 bits per heavy atom. The number of carbonyl (C=O) groups excluding carboxylic acids is 3. The number of rotatable bonds is 19. The standard InChI is InChI=1S/C52H58F10N10O8/c1-49(2,51(57,58)59)42(67-48(78)79-5)44(74)65-38(16-29-9-6-28(7-10-29)8-11-30-12-15-41(63-19-30)69-20-32-13-14-33(21-69)72(32)34-25-80-26-34)40(73)24-71(68-45(75)43(66-47(76)77)50(3,4)52(60,61)62)22-35-36(53)17-31(18-37(35)54)39-23-70(27-64-39)46(55)56/h6-7,9-10,12,15,17-19,23,27,32-34,38,40,42-43,46,66,73H,13-14,16,20-22,24-26H2,1-5H3,(H,65,74)(H,67,78)(H,68,75)(H,76,77)/t32?,33?,38-,40-,42+,43+/m0/s1. The number of alkyl carbamates (subject to hydrolysis) is 1. The van der Waals surface area contributed by atoms with E-state index in [-0.39, 0.29) is 16.8 Å². The fraction of sp³-hybridized carbons (Fsp3) is 0.500. The van der Waals surface area contributed by atoms with Crippen molar-refractivity contribution in [2.45, 2.75) is 115 Å². The molecule has 80 heavy (non-hydrogen) atoms. The molecule has 3 saturated heterocycles. The minimum absolute atomic E-state index is 0.257. The molecular formula is C52H58F10N10O8. The van der Waals surface area contributed by atoms with E-state index in [4.69, 9.17) is 4.74 Å². The number of benzene rings is 2. The fourth-order valence-corrected chi connectivity index (χ4v) is 9.62. The lowest BCUT2D eigenvalue weighted by Crippen LogP contribution is -2.63. The van der Waals surface area contributed by atoms with Gasteiger partial charge in [-0.05, 0) is 88.9 Å². The molecule has 0 radical (unpaired) electrons. The summed E-state index contributed by atoms with van der Waals surface area (Å²) in [4.78, 5) is 65.3. The number of aromatic nitrogens is 3. The summed E-state index contributed by atoms with van der Waals surface area (Å²) < 4.78 is 156. The van der Waals surface area contributed by atoms with Crippen LogP contribution < -0.4 is 26.3 Å². The van der Waals surface area contributed by atoms with Crippen LogP contribution in [0.5, 0.6) is 0 Å². The normalized spacial score (nSPS) is 18.6.